The fourth-order valence-corrected chi connectivity index (χ4v) is 2.50. The zero-order chi connectivity index (χ0) is 16.3. The Bertz CT molecular complexity index is 639. The lowest BCUT2D eigenvalue weighted by Crippen LogP contribution is -2.40. The molecule has 5 heteroatoms. The molecule has 2 aromatic rings. The minimum atomic E-state index is -1.27. The second kappa shape index (κ2) is 6.48. The van der Waals surface area contributed by atoms with E-state index in [0.29, 0.717) is 42.4 Å². The van der Waals surface area contributed by atoms with E-state index < -0.39 is 5.79 Å². The van der Waals surface area contributed by atoms with E-state index in [1.807, 2.05) is 30.3 Å². The molecule has 5 nitrogen and oxygen atoms in total. The lowest BCUT2D eigenvalue weighted by atomic mass is 9.98. The van der Waals surface area contributed by atoms with E-state index in [4.69, 9.17) is 18.9 Å². The van der Waals surface area contributed by atoms with Crippen molar-refractivity contribution in [3.63, 3.8) is 0 Å². The second-order valence-corrected chi connectivity index (χ2v) is 5.37. The van der Waals surface area contributed by atoms with Crippen LogP contribution in [0.1, 0.15) is 17.5 Å². The molecule has 0 spiro atoms. The van der Waals surface area contributed by atoms with E-state index in [1.165, 1.54) is 0 Å². The van der Waals surface area contributed by atoms with Gasteiger partial charge >= 0.3 is 0 Å². The molecule has 122 valence electrons. The summed E-state index contributed by atoms with van der Waals surface area (Å²) in [7, 11) is 3.11. The lowest BCUT2D eigenvalue weighted by molar-refractivity contribution is -0.292. The van der Waals surface area contributed by atoms with Gasteiger partial charge in [0.1, 0.15) is 6.61 Å². The van der Waals surface area contributed by atoms with Crippen LogP contribution < -0.4 is 14.2 Å². The molecule has 1 N–H and O–H groups in total. The molecule has 1 atom stereocenters. The molecule has 3 rings (SSSR count). The maximum absolute atomic E-state index is 10.3. The molecule has 2 aromatic carbocycles. The molecule has 1 aliphatic heterocycles. The van der Waals surface area contributed by atoms with Crippen molar-refractivity contribution in [3.8, 4) is 17.2 Å². The van der Waals surface area contributed by atoms with Crippen molar-refractivity contribution in [2.75, 3.05) is 20.8 Å². The van der Waals surface area contributed by atoms with E-state index in [0.717, 1.165) is 5.56 Å². The molecule has 1 heterocycles. The number of hydrogen-bond acceptors (Lipinski definition) is 5. The van der Waals surface area contributed by atoms with Crippen molar-refractivity contribution in [2.24, 2.45) is 0 Å². The molecular weight excluding hydrogens is 296 g/mol. The van der Waals surface area contributed by atoms with E-state index >= 15 is 0 Å². The van der Waals surface area contributed by atoms with Crippen LogP contribution in [0.2, 0.25) is 0 Å². The zero-order valence-corrected chi connectivity index (χ0v) is 13.2. The smallest absolute Gasteiger partial charge is 0.203 e. The summed E-state index contributed by atoms with van der Waals surface area (Å²) in [4.78, 5) is 0. The zero-order valence-electron chi connectivity index (χ0n) is 13.2. The van der Waals surface area contributed by atoms with Gasteiger partial charge in [-0.2, -0.15) is 0 Å². The van der Waals surface area contributed by atoms with Crippen LogP contribution in [-0.4, -0.2) is 25.9 Å². The van der Waals surface area contributed by atoms with Gasteiger partial charge in [0, 0.05) is 12.0 Å². The normalized spacial score (nSPS) is 19.8. The van der Waals surface area contributed by atoms with Gasteiger partial charge in [0.2, 0.25) is 5.75 Å². The molecule has 0 bridgehead atoms. The van der Waals surface area contributed by atoms with Gasteiger partial charge < -0.3 is 24.1 Å². The quantitative estimate of drug-likeness (QED) is 0.888. The molecule has 0 amide bonds. The lowest BCUT2D eigenvalue weighted by Gasteiger charge is -2.37. The van der Waals surface area contributed by atoms with E-state index in [-0.39, 0.29) is 0 Å². The van der Waals surface area contributed by atoms with Gasteiger partial charge in [0.05, 0.1) is 20.8 Å². The Labute approximate surface area is 135 Å². The van der Waals surface area contributed by atoms with E-state index in [2.05, 4.69) is 0 Å². The summed E-state index contributed by atoms with van der Waals surface area (Å²) in [6.07, 6.45) is 0.545. The SMILES string of the molecule is COc1cc([C@]2(O)CCO2)cc(OC)c1OCc1ccccc1. The Morgan fingerprint density at radius 3 is 2.17 bits per heavy atom. The number of methoxy groups -OCH3 is 2. The largest absolute Gasteiger partial charge is 0.493 e. The van der Waals surface area contributed by atoms with Gasteiger partial charge in [0.25, 0.3) is 0 Å². The molecule has 0 radical (unpaired) electrons. The first kappa shape index (κ1) is 15.6. The summed E-state index contributed by atoms with van der Waals surface area (Å²) in [5, 5.41) is 10.3. The Morgan fingerprint density at radius 1 is 1.09 bits per heavy atom. The molecule has 0 saturated carbocycles. The Hall–Kier alpha value is -2.24. The number of ether oxygens (including phenoxy) is 4. The second-order valence-electron chi connectivity index (χ2n) is 5.37. The van der Waals surface area contributed by atoms with Gasteiger partial charge in [0.15, 0.2) is 17.3 Å². The summed E-state index contributed by atoms with van der Waals surface area (Å²) < 4.78 is 22.0. The average Bonchev–Trinajstić information content (AvgIpc) is 2.57. The number of hydrogen-bond donors (Lipinski definition) is 1. The standard InChI is InChI=1S/C18H20O5/c1-20-15-10-14(18(19)8-9-23-18)11-16(21-2)17(15)22-12-13-6-4-3-5-7-13/h3-7,10-11,19H,8-9,12H2,1-2H3/t18-/m0/s1. The summed E-state index contributed by atoms with van der Waals surface area (Å²) in [5.74, 6) is 0.238. The minimum Gasteiger partial charge on any atom is -0.493 e. The van der Waals surface area contributed by atoms with Gasteiger partial charge in [-0.1, -0.05) is 30.3 Å². The number of rotatable bonds is 6. The van der Waals surface area contributed by atoms with E-state index in [1.54, 1.807) is 26.4 Å². The number of benzene rings is 2. The molecule has 1 aliphatic rings. The monoisotopic (exact) mass is 316 g/mol. The minimum absolute atomic E-state index is 0.397. The van der Waals surface area contributed by atoms with Crippen molar-refractivity contribution in [1.29, 1.82) is 0 Å². The molecule has 0 aromatic heterocycles. The summed E-state index contributed by atoms with van der Waals surface area (Å²) in [6, 6.07) is 13.3. The third-order valence-electron chi connectivity index (χ3n) is 3.92. The first-order valence-corrected chi connectivity index (χ1v) is 7.46. The highest BCUT2D eigenvalue weighted by atomic mass is 16.6. The topological polar surface area (TPSA) is 57.2 Å². The van der Waals surface area contributed by atoms with Crippen LogP contribution in [0.25, 0.3) is 0 Å². The molecular formula is C18H20O5. The molecule has 0 unspecified atom stereocenters. The van der Waals surface area contributed by atoms with Crippen LogP contribution in [0.3, 0.4) is 0 Å². The summed E-state index contributed by atoms with van der Waals surface area (Å²) >= 11 is 0. The fourth-order valence-electron chi connectivity index (χ4n) is 2.50. The molecule has 1 saturated heterocycles. The predicted octanol–water partition coefficient (Wildman–Crippen LogP) is 2.85. The average molecular weight is 316 g/mol. The predicted molar refractivity (Wildman–Crippen MR) is 84.8 cm³/mol. The van der Waals surface area contributed by atoms with Crippen LogP contribution in [0, 0.1) is 0 Å². The highest BCUT2D eigenvalue weighted by molar-refractivity contribution is 5.55. The third kappa shape index (κ3) is 3.11. The van der Waals surface area contributed by atoms with Crippen LogP contribution in [0.5, 0.6) is 17.2 Å². The Kier molecular flexibility index (Phi) is 4.41. The van der Waals surface area contributed by atoms with Gasteiger partial charge in [-0.3, -0.25) is 0 Å². The van der Waals surface area contributed by atoms with Crippen LogP contribution in [-0.2, 0) is 17.1 Å². The first-order valence-electron chi connectivity index (χ1n) is 7.46. The molecule has 0 aliphatic carbocycles. The number of aliphatic hydroxyl groups is 1. The van der Waals surface area contributed by atoms with Crippen molar-refractivity contribution >= 4 is 0 Å². The van der Waals surface area contributed by atoms with Crippen molar-refractivity contribution in [2.45, 2.75) is 18.8 Å². The van der Waals surface area contributed by atoms with Crippen molar-refractivity contribution < 1.29 is 24.1 Å². The molecule has 23 heavy (non-hydrogen) atoms. The highest BCUT2D eigenvalue weighted by Gasteiger charge is 2.39. The van der Waals surface area contributed by atoms with Crippen molar-refractivity contribution in [1.82, 2.24) is 0 Å². The maximum atomic E-state index is 10.3. The first-order chi connectivity index (χ1) is 11.2. The van der Waals surface area contributed by atoms with Crippen LogP contribution in [0.15, 0.2) is 42.5 Å². The highest BCUT2D eigenvalue weighted by Crippen LogP contribution is 2.44. The summed E-state index contributed by atoms with van der Waals surface area (Å²) in [5.41, 5.74) is 1.64. The van der Waals surface area contributed by atoms with Gasteiger partial charge in [-0.15, -0.1) is 0 Å². The van der Waals surface area contributed by atoms with Crippen LogP contribution >= 0.6 is 0 Å². The molecule has 1 fully saturated rings. The van der Waals surface area contributed by atoms with Crippen LogP contribution in [0.4, 0.5) is 0 Å². The Balaban J connectivity index is 1.89. The fraction of sp³-hybridized carbons (Fsp3) is 0.333. The van der Waals surface area contributed by atoms with Crippen molar-refractivity contribution in [3.05, 3.63) is 53.6 Å². The van der Waals surface area contributed by atoms with Gasteiger partial charge in [-0.05, 0) is 17.7 Å². The summed E-state index contributed by atoms with van der Waals surface area (Å²) in [6.45, 7) is 0.932. The third-order valence-corrected chi connectivity index (χ3v) is 3.92. The van der Waals surface area contributed by atoms with E-state index in [9.17, 15) is 5.11 Å². The van der Waals surface area contributed by atoms with Gasteiger partial charge in [-0.25, -0.2) is 0 Å². The maximum Gasteiger partial charge on any atom is 0.203 e. The Morgan fingerprint density at radius 2 is 1.70 bits per heavy atom.